The number of hydrogen-bond acceptors (Lipinski definition) is 3. The van der Waals surface area contributed by atoms with Crippen LogP contribution >= 0.6 is 0 Å². The topological polar surface area (TPSA) is 57.5 Å². The van der Waals surface area contributed by atoms with Crippen LogP contribution in [0.15, 0.2) is 23.8 Å². The maximum Gasteiger partial charge on any atom is 0.178 e. The number of carbonyl (C=O) groups excluding carboxylic acids is 1. The summed E-state index contributed by atoms with van der Waals surface area (Å²) in [4.78, 5) is 11.8. The van der Waals surface area contributed by atoms with Crippen molar-refractivity contribution in [3.8, 4) is 0 Å². The van der Waals surface area contributed by atoms with Crippen molar-refractivity contribution in [2.75, 3.05) is 0 Å². The Kier molecular flexibility index (Phi) is 3.10. The summed E-state index contributed by atoms with van der Waals surface area (Å²) < 4.78 is 0. The Morgan fingerprint density at radius 2 is 1.83 bits per heavy atom. The number of ketones is 1. The average Bonchev–Trinajstić information content (AvgIpc) is 2.72. The van der Waals surface area contributed by atoms with Crippen LogP contribution in [0.25, 0.3) is 0 Å². The lowest BCUT2D eigenvalue weighted by Crippen LogP contribution is -2.57. The molecule has 3 saturated carbocycles. The summed E-state index contributed by atoms with van der Waals surface area (Å²) in [5, 5.41) is 21.8. The molecule has 4 rings (SSSR count). The molecule has 4 aliphatic carbocycles. The van der Waals surface area contributed by atoms with Crippen LogP contribution in [0.1, 0.15) is 52.9 Å². The van der Waals surface area contributed by atoms with Crippen molar-refractivity contribution < 1.29 is 15.0 Å². The Balaban J connectivity index is 1.76. The summed E-state index contributed by atoms with van der Waals surface area (Å²) in [6.45, 7) is 6.44. The van der Waals surface area contributed by atoms with Crippen molar-refractivity contribution in [3.05, 3.63) is 23.8 Å². The zero-order valence-corrected chi connectivity index (χ0v) is 14.4. The Hall–Kier alpha value is -0.930. The van der Waals surface area contributed by atoms with Gasteiger partial charge in [-0.1, -0.05) is 25.5 Å². The van der Waals surface area contributed by atoms with E-state index in [4.69, 9.17) is 0 Å². The van der Waals surface area contributed by atoms with Gasteiger partial charge in [-0.05, 0) is 74.3 Å². The number of allylic oxidation sites excluding steroid dienone is 3. The first-order chi connectivity index (χ1) is 10.7. The number of aliphatic hydroxyl groups excluding tert-OH is 1. The van der Waals surface area contributed by atoms with Crippen LogP contribution in [-0.2, 0) is 4.79 Å². The van der Waals surface area contributed by atoms with Crippen molar-refractivity contribution >= 4 is 5.78 Å². The molecule has 0 aromatic rings. The lowest BCUT2D eigenvalue weighted by atomic mass is 9.46. The van der Waals surface area contributed by atoms with Gasteiger partial charge >= 0.3 is 0 Å². The fourth-order valence-corrected chi connectivity index (χ4v) is 6.42. The van der Waals surface area contributed by atoms with Gasteiger partial charge in [-0.2, -0.15) is 0 Å². The molecule has 0 heterocycles. The van der Waals surface area contributed by atoms with Crippen LogP contribution in [0.5, 0.6) is 0 Å². The van der Waals surface area contributed by atoms with E-state index in [2.05, 4.69) is 19.9 Å². The maximum absolute atomic E-state index is 11.8. The van der Waals surface area contributed by atoms with Crippen LogP contribution in [0.4, 0.5) is 0 Å². The Morgan fingerprint density at radius 3 is 2.57 bits per heavy atom. The molecule has 2 unspecified atom stereocenters. The maximum atomic E-state index is 11.8. The summed E-state index contributed by atoms with van der Waals surface area (Å²) in [7, 11) is 0. The van der Waals surface area contributed by atoms with Crippen LogP contribution in [-0.4, -0.2) is 27.7 Å². The molecule has 2 N–H and O–H groups in total. The van der Waals surface area contributed by atoms with Gasteiger partial charge in [-0.15, -0.1) is 0 Å². The molecular weight excluding hydrogens is 288 g/mol. The zero-order chi connectivity index (χ0) is 16.6. The van der Waals surface area contributed by atoms with Crippen LogP contribution < -0.4 is 0 Å². The minimum Gasteiger partial charge on any atom is -0.392 e. The molecule has 3 fully saturated rings. The molecule has 3 nitrogen and oxygen atoms in total. The van der Waals surface area contributed by atoms with Crippen LogP contribution in [0, 0.1) is 28.6 Å². The van der Waals surface area contributed by atoms with Crippen LogP contribution in [0.2, 0.25) is 0 Å². The molecular formula is C20H28O3. The molecule has 0 bridgehead atoms. The second-order valence-corrected chi connectivity index (χ2v) is 9.02. The minimum absolute atomic E-state index is 0.0487. The quantitative estimate of drug-likeness (QED) is 0.722. The van der Waals surface area contributed by atoms with Crippen molar-refractivity contribution in [3.63, 3.8) is 0 Å². The van der Waals surface area contributed by atoms with Crippen molar-refractivity contribution in [1.82, 2.24) is 0 Å². The van der Waals surface area contributed by atoms with E-state index in [1.54, 1.807) is 12.2 Å². The number of carbonyl (C=O) groups is 1. The van der Waals surface area contributed by atoms with Gasteiger partial charge in [-0.3, -0.25) is 4.79 Å². The molecule has 0 radical (unpaired) electrons. The third-order valence-electron chi connectivity index (χ3n) is 8.14. The lowest BCUT2D eigenvalue weighted by Gasteiger charge is -2.59. The molecule has 0 aliphatic heterocycles. The number of fused-ring (bicyclic) bond motifs is 5. The van der Waals surface area contributed by atoms with Gasteiger partial charge < -0.3 is 10.2 Å². The largest absolute Gasteiger partial charge is 0.392 e. The highest BCUT2D eigenvalue weighted by atomic mass is 16.3. The van der Waals surface area contributed by atoms with Gasteiger partial charge in [0.25, 0.3) is 0 Å². The van der Waals surface area contributed by atoms with E-state index < -0.39 is 11.7 Å². The highest BCUT2D eigenvalue weighted by molar-refractivity contribution is 6.01. The standard InChI is InChI=1S/C20H28O3/c1-18-7-4-13(21)10-12(18)11-16(22)17-14(18)5-8-19(2)15(17)6-9-20(19,3)23/h4,7,10,14-17,22-23H,5-6,8-9,11H2,1-3H3/t14-,15-,16?,17+,18-,19-,20?/m0/s1. The first-order valence-electron chi connectivity index (χ1n) is 9.04. The zero-order valence-electron chi connectivity index (χ0n) is 14.4. The summed E-state index contributed by atoms with van der Waals surface area (Å²) in [6, 6.07) is 0. The third kappa shape index (κ3) is 1.87. The molecule has 7 atom stereocenters. The highest BCUT2D eigenvalue weighted by Crippen LogP contribution is 2.66. The number of hydrogen-bond donors (Lipinski definition) is 2. The minimum atomic E-state index is -0.627. The van der Waals surface area contributed by atoms with Gasteiger partial charge in [0.15, 0.2) is 5.78 Å². The monoisotopic (exact) mass is 316 g/mol. The molecule has 23 heavy (non-hydrogen) atoms. The van der Waals surface area contributed by atoms with E-state index in [0.29, 0.717) is 18.3 Å². The summed E-state index contributed by atoms with van der Waals surface area (Å²) in [6.07, 6.45) is 9.59. The molecule has 4 aliphatic rings. The third-order valence-corrected chi connectivity index (χ3v) is 8.14. The fraction of sp³-hybridized carbons (Fsp3) is 0.750. The SMILES string of the molecule is CC1(O)CC[C@H]2[C@@H]3C(O)CC4=CC(=O)C=C[C@]4(C)[C@H]3CC[C@@]21C. The van der Waals surface area contributed by atoms with Gasteiger partial charge in [0, 0.05) is 5.41 Å². The second-order valence-electron chi connectivity index (χ2n) is 9.02. The van der Waals surface area contributed by atoms with E-state index >= 15 is 0 Å². The molecule has 3 heteroatoms. The Labute approximate surface area is 138 Å². The van der Waals surface area contributed by atoms with Gasteiger partial charge in [0.05, 0.1) is 11.7 Å². The normalized spacial score (nSPS) is 55.0. The molecule has 126 valence electrons. The number of rotatable bonds is 0. The highest BCUT2D eigenvalue weighted by Gasteiger charge is 2.63. The predicted molar refractivity (Wildman–Crippen MR) is 88.6 cm³/mol. The number of aliphatic hydroxyl groups is 2. The average molecular weight is 316 g/mol. The first kappa shape index (κ1) is 15.6. The van der Waals surface area contributed by atoms with Gasteiger partial charge in [0.1, 0.15) is 0 Å². The lowest BCUT2D eigenvalue weighted by molar-refractivity contribution is -0.139. The van der Waals surface area contributed by atoms with E-state index in [1.165, 1.54) is 0 Å². The fourth-order valence-electron chi connectivity index (χ4n) is 6.42. The predicted octanol–water partition coefficient (Wildman–Crippen LogP) is 3.02. The van der Waals surface area contributed by atoms with Crippen molar-refractivity contribution in [2.24, 2.45) is 28.6 Å². The molecule has 0 saturated heterocycles. The van der Waals surface area contributed by atoms with Gasteiger partial charge in [0.2, 0.25) is 0 Å². The molecule has 0 aromatic heterocycles. The van der Waals surface area contributed by atoms with E-state index in [0.717, 1.165) is 31.3 Å². The van der Waals surface area contributed by atoms with Gasteiger partial charge in [-0.25, -0.2) is 0 Å². The van der Waals surface area contributed by atoms with E-state index in [-0.39, 0.29) is 22.5 Å². The van der Waals surface area contributed by atoms with Crippen LogP contribution in [0.3, 0.4) is 0 Å². The molecule has 0 spiro atoms. The van der Waals surface area contributed by atoms with E-state index in [1.807, 2.05) is 6.92 Å². The summed E-state index contributed by atoms with van der Waals surface area (Å²) in [5.74, 6) is 1.01. The summed E-state index contributed by atoms with van der Waals surface area (Å²) in [5.41, 5.74) is 0.277. The first-order valence-corrected chi connectivity index (χ1v) is 9.04. The second kappa shape index (κ2) is 4.58. The van der Waals surface area contributed by atoms with E-state index in [9.17, 15) is 15.0 Å². The summed E-state index contributed by atoms with van der Waals surface area (Å²) >= 11 is 0. The van der Waals surface area contributed by atoms with Crippen molar-refractivity contribution in [2.45, 2.75) is 64.6 Å². The Bertz CT molecular complexity index is 616. The van der Waals surface area contributed by atoms with Crippen molar-refractivity contribution in [1.29, 1.82) is 0 Å². The molecule has 0 amide bonds. The molecule has 0 aromatic carbocycles. The smallest absolute Gasteiger partial charge is 0.178 e. The Morgan fingerprint density at radius 1 is 1.13 bits per heavy atom.